The molecule has 0 atom stereocenters. The number of benzene rings is 3. The highest BCUT2D eigenvalue weighted by Gasteiger charge is 2.29. The van der Waals surface area contributed by atoms with E-state index in [0.717, 1.165) is 42.4 Å². The summed E-state index contributed by atoms with van der Waals surface area (Å²) in [4.78, 5) is 0. The highest BCUT2D eigenvalue weighted by atomic mass is 19.3. The first kappa shape index (κ1) is 29.0. The maximum Gasteiger partial charge on any atom is 0.252 e. The van der Waals surface area contributed by atoms with Crippen LogP contribution in [-0.4, -0.2) is 5.92 Å². The van der Waals surface area contributed by atoms with Gasteiger partial charge in [0.1, 0.15) is 5.82 Å². The first-order chi connectivity index (χ1) is 17.9. The molecule has 0 aliphatic rings. The zero-order chi connectivity index (χ0) is 26.5. The third-order valence-electron chi connectivity index (χ3n) is 7.22. The second-order valence-corrected chi connectivity index (χ2v) is 10.4. The molecule has 0 saturated carbocycles. The molecule has 0 radical (unpaired) electrons. The molecule has 0 fully saturated rings. The molecule has 0 spiro atoms. The van der Waals surface area contributed by atoms with E-state index in [1.54, 1.807) is 6.07 Å². The average molecular weight is 509 g/mol. The number of alkyl halides is 2. The van der Waals surface area contributed by atoms with E-state index in [4.69, 9.17) is 0 Å². The van der Waals surface area contributed by atoms with Crippen LogP contribution < -0.4 is 0 Å². The minimum absolute atomic E-state index is 0.0851. The van der Waals surface area contributed by atoms with Gasteiger partial charge in [0.2, 0.25) is 0 Å². The maximum absolute atomic E-state index is 14.7. The van der Waals surface area contributed by atoms with Crippen molar-refractivity contribution in [3.63, 3.8) is 0 Å². The Kier molecular flexibility index (Phi) is 11.8. The Labute approximate surface area is 222 Å². The predicted octanol–water partition coefficient (Wildman–Crippen LogP) is 11.2. The van der Waals surface area contributed by atoms with E-state index in [1.165, 1.54) is 56.2 Å². The molecule has 0 unspecified atom stereocenters. The van der Waals surface area contributed by atoms with Crippen molar-refractivity contribution in [3.8, 4) is 22.3 Å². The van der Waals surface area contributed by atoms with Crippen molar-refractivity contribution in [2.75, 3.05) is 0 Å². The van der Waals surface area contributed by atoms with Gasteiger partial charge in [-0.3, -0.25) is 0 Å². The van der Waals surface area contributed by atoms with E-state index < -0.39 is 18.2 Å². The van der Waals surface area contributed by atoms with E-state index in [-0.39, 0.29) is 12.0 Å². The zero-order valence-electron chi connectivity index (χ0n) is 22.7. The molecule has 37 heavy (non-hydrogen) atoms. The van der Waals surface area contributed by atoms with E-state index >= 15 is 0 Å². The van der Waals surface area contributed by atoms with Gasteiger partial charge in [-0.15, -0.1) is 0 Å². The van der Waals surface area contributed by atoms with Crippen molar-refractivity contribution < 1.29 is 13.2 Å². The second-order valence-electron chi connectivity index (χ2n) is 10.4. The molecule has 3 heteroatoms. The lowest BCUT2D eigenvalue weighted by Crippen LogP contribution is -2.20. The molecule has 0 aliphatic carbocycles. The summed E-state index contributed by atoms with van der Waals surface area (Å²) in [6.45, 7) is 4.30. The molecule has 0 nitrogen and oxygen atoms in total. The first-order valence-corrected chi connectivity index (χ1v) is 14.3. The molecule has 3 aromatic carbocycles. The highest BCUT2D eigenvalue weighted by Crippen LogP contribution is 2.31. The van der Waals surface area contributed by atoms with Gasteiger partial charge in [-0.05, 0) is 58.7 Å². The molecule has 0 amide bonds. The molecular weight excluding hydrogens is 465 g/mol. The summed E-state index contributed by atoms with van der Waals surface area (Å²) in [6, 6.07) is 21.4. The Morgan fingerprint density at radius 1 is 0.568 bits per heavy atom. The lowest BCUT2D eigenvalue weighted by molar-refractivity contribution is -0.0102. The van der Waals surface area contributed by atoms with Gasteiger partial charge in [0.05, 0.1) is 0 Å². The molecule has 0 N–H and O–H groups in total. The van der Waals surface area contributed by atoms with Gasteiger partial charge in [-0.2, -0.15) is 0 Å². The monoisotopic (exact) mass is 508 g/mol. The summed E-state index contributed by atoms with van der Waals surface area (Å²) in [5, 5.41) is 0. The summed E-state index contributed by atoms with van der Waals surface area (Å²) in [7, 11) is 0. The van der Waals surface area contributed by atoms with Gasteiger partial charge >= 0.3 is 0 Å². The summed E-state index contributed by atoms with van der Waals surface area (Å²) < 4.78 is 43.4. The Bertz CT molecular complexity index is 1050. The van der Waals surface area contributed by atoms with Gasteiger partial charge in [-0.25, -0.2) is 13.2 Å². The van der Waals surface area contributed by atoms with Crippen molar-refractivity contribution in [1.29, 1.82) is 0 Å². The quantitative estimate of drug-likeness (QED) is 0.169. The molecule has 3 rings (SSSR count). The molecule has 200 valence electrons. The molecule has 0 heterocycles. The zero-order valence-corrected chi connectivity index (χ0v) is 22.7. The summed E-state index contributed by atoms with van der Waals surface area (Å²) in [5.74, 6) is -3.43. The molecule has 0 saturated heterocycles. The molecule has 0 bridgehead atoms. The van der Waals surface area contributed by atoms with Crippen LogP contribution in [0.1, 0.15) is 95.6 Å². The largest absolute Gasteiger partial charge is 0.252 e. The summed E-state index contributed by atoms with van der Waals surface area (Å²) in [5.41, 5.74) is 5.30. The van der Waals surface area contributed by atoms with Gasteiger partial charge in [0.25, 0.3) is 5.92 Å². The van der Waals surface area contributed by atoms with Crippen molar-refractivity contribution in [2.24, 2.45) is 0 Å². The number of hydrogen-bond donors (Lipinski definition) is 0. The van der Waals surface area contributed by atoms with Crippen molar-refractivity contribution in [2.45, 2.75) is 103 Å². The van der Waals surface area contributed by atoms with E-state index in [1.807, 2.05) is 24.3 Å². The number of rotatable bonds is 16. The number of unbranched alkanes of at least 4 members (excludes halogenated alkanes) is 8. The van der Waals surface area contributed by atoms with Crippen LogP contribution in [0.3, 0.4) is 0 Å². The van der Waals surface area contributed by atoms with Gasteiger partial charge in [0, 0.05) is 12.8 Å². The lowest BCUT2D eigenvalue weighted by Gasteiger charge is -2.17. The minimum Gasteiger partial charge on any atom is -0.207 e. The predicted molar refractivity (Wildman–Crippen MR) is 152 cm³/mol. The van der Waals surface area contributed by atoms with Crippen LogP contribution in [0, 0.1) is 5.82 Å². The molecule has 0 aliphatic heterocycles. The van der Waals surface area contributed by atoms with Crippen LogP contribution in [0.4, 0.5) is 13.2 Å². The van der Waals surface area contributed by atoms with Crippen LogP contribution in [0.2, 0.25) is 0 Å². The van der Waals surface area contributed by atoms with Crippen LogP contribution in [0.25, 0.3) is 22.3 Å². The lowest BCUT2D eigenvalue weighted by atomic mass is 9.96. The SMILES string of the molecule is CCCCCCCCc1ccc(-c2ccc(-c3ccc(CC(F)(F)CCCCCC)c(F)c3)cc2)cc1. The third kappa shape index (κ3) is 9.68. The fourth-order valence-corrected chi connectivity index (χ4v) is 4.88. The fraction of sp³-hybridized carbons (Fsp3) is 0.471. The minimum atomic E-state index is -2.87. The summed E-state index contributed by atoms with van der Waals surface area (Å²) >= 11 is 0. The van der Waals surface area contributed by atoms with Crippen molar-refractivity contribution in [3.05, 3.63) is 83.7 Å². The van der Waals surface area contributed by atoms with E-state index in [9.17, 15) is 13.2 Å². The Morgan fingerprint density at radius 3 is 1.65 bits per heavy atom. The van der Waals surface area contributed by atoms with Crippen LogP contribution >= 0.6 is 0 Å². The molecular formula is C34H43F3. The second kappa shape index (κ2) is 15.0. The third-order valence-corrected chi connectivity index (χ3v) is 7.22. The van der Waals surface area contributed by atoms with Crippen molar-refractivity contribution >= 4 is 0 Å². The van der Waals surface area contributed by atoms with E-state index in [2.05, 4.69) is 38.1 Å². The number of aryl methyl sites for hydroxylation is 1. The maximum atomic E-state index is 14.7. The van der Waals surface area contributed by atoms with Gasteiger partial charge in [0.15, 0.2) is 0 Å². The molecule has 3 aromatic rings. The smallest absolute Gasteiger partial charge is 0.207 e. The Morgan fingerprint density at radius 2 is 1.05 bits per heavy atom. The summed E-state index contributed by atoms with van der Waals surface area (Å²) in [6.07, 6.45) is 11.5. The standard InChI is InChI=1S/C34H43F3/c1-3-5-7-9-10-11-13-27-14-16-28(17-15-27)29-18-20-30(21-19-29)31-22-23-32(33(35)25-31)26-34(36,37)24-12-8-6-4-2/h14-23,25H,3-13,24,26H2,1-2H3. The fourth-order valence-electron chi connectivity index (χ4n) is 4.88. The Balaban J connectivity index is 1.56. The number of hydrogen-bond acceptors (Lipinski definition) is 0. The van der Waals surface area contributed by atoms with Crippen molar-refractivity contribution in [1.82, 2.24) is 0 Å². The number of halogens is 3. The normalized spacial score (nSPS) is 11.7. The van der Waals surface area contributed by atoms with Crippen LogP contribution in [0.15, 0.2) is 66.7 Å². The van der Waals surface area contributed by atoms with Crippen LogP contribution in [0.5, 0.6) is 0 Å². The Hall–Kier alpha value is -2.55. The average Bonchev–Trinajstić information content (AvgIpc) is 2.90. The van der Waals surface area contributed by atoms with Gasteiger partial charge < -0.3 is 0 Å². The topological polar surface area (TPSA) is 0 Å². The highest BCUT2D eigenvalue weighted by molar-refractivity contribution is 5.70. The van der Waals surface area contributed by atoms with Gasteiger partial charge in [-0.1, -0.05) is 126 Å². The molecule has 0 aromatic heterocycles. The first-order valence-electron chi connectivity index (χ1n) is 14.3. The van der Waals surface area contributed by atoms with E-state index in [0.29, 0.717) is 12.0 Å². The van der Waals surface area contributed by atoms with Crippen LogP contribution in [-0.2, 0) is 12.8 Å².